The SMILES string of the molecule is O=C(CCc1cccc(Cl)c1)N1CCCC1c1ccc(Nc2cnccn2)cn1. The Kier molecular flexibility index (Phi) is 6.00. The largest absolute Gasteiger partial charge is 0.338 e. The summed E-state index contributed by atoms with van der Waals surface area (Å²) in [7, 11) is 0. The van der Waals surface area contributed by atoms with Crippen LogP contribution in [0.5, 0.6) is 0 Å². The predicted octanol–water partition coefficient (Wildman–Crippen LogP) is 4.56. The van der Waals surface area contributed by atoms with Crippen LogP contribution < -0.4 is 5.32 Å². The molecule has 3 heterocycles. The molecular weight excluding hydrogens is 386 g/mol. The fourth-order valence-electron chi connectivity index (χ4n) is 3.65. The van der Waals surface area contributed by atoms with Crippen LogP contribution in [0.25, 0.3) is 0 Å². The summed E-state index contributed by atoms with van der Waals surface area (Å²) in [5.74, 6) is 0.830. The number of anilines is 2. The quantitative estimate of drug-likeness (QED) is 0.648. The highest BCUT2D eigenvalue weighted by Crippen LogP contribution is 2.32. The number of hydrogen-bond acceptors (Lipinski definition) is 5. The average Bonchev–Trinajstić information content (AvgIpc) is 3.23. The molecule has 4 rings (SSSR count). The van der Waals surface area contributed by atoms with Crippen molar-refractivity contribution in [2.24, 2.45) is 0 Å². The monoisotopic (exact) mass is 407 g/mol. The first kappa shape index (κ1) is 19.3. The van der Waals surface area contributed by atoms with Crippen molar-refractivity contribution in [2.45, 2.75) is 31.7 Å². The maximum atomic E-state index is 12.8. The number of likely N-dealkylation sites (tertiary alicyclic amines) is 1. The van der Waals surface area contributed by atoms with Crippen LogP contribution in [0, 0.1) is 0 Å². The summed E-state index contributed by atoms with van der Waals surface area (Å²) in [6, 6.07) is 11.7. The zero-order chi connectivity index (χ0) is 20.1. The lowest BCUT2D eigenvalue weighted by Gasteiger charge is -2.24. The van der Waals surface area contributed by atoms with Crippen molar-refractivity contribution in [3.63, 3.8) is 0 Å². The second-order valence-electron chi connectivity index (χ2n) is 7.06. The van der Waals surface area contributed by atoms with Crippen molar-refractivity contribution in [1.29, 1.82) is 0 Å². The summed E-state index contributed by atoms with van der Waals surface area (Å²) >= 11 is 6.04. The number of nitrogens with one attached hydrogen (secondary N) is 1. The number of aromatic nitrogens is 3. The number of benzene rings is 1. The number of amides is 1. The maximum Gasteiger partial charge on any atom is 0.223 e. The van der Waals surface area contributed by atoms with Crippen LogP contribution in [0.3, 0.4) is 0 Å². The van der Waals surface area contributed by atoms with E-state index in [0.29, 0.717) is 23.7 Å². The van der Waals surface area contributed by atoms with Gasteiger partial charge in [-0.25, -0.2) is 4.98 Å². The van der Waals surface area contributed by atoms with E-state index in [1.165, 1.54) is 0 Å². The second kappa shape index (κ2) is 9.01. The molecule has 0 radical (unpaired) electrons. The van der Waals surface area contributed by atoms with Gasteiger partial charge >= 0.3 is 0 Å². The van der Waals surface area contributed by atoms with Gasteiger partial charge in [0.05, 0.1) is 29.8 Å². The van der Waals surface area contributed by atoms with Crippen LogP contribution in [0.1, 0.15) is 36.6 Å². The van der Waals surface area contributed by atoms with Crippen LogP contribution in [-0.2, 0) is 11.2 Å². The van der Waals surface area contributed by atoms with Crippen molar-refractivity contribution < 1.29 is 4.79 Å². The number of aryl methyl sites for hydroxylation is 1. The minimum absolute atomic E-state index is 0.0347. The molecule has 0 spiro atoms. The molecule has 1 aromatic carbocycles. The highest BCUT2D eigenvalue weighted by atomic mass is 35.5. The summed E-state index contributed by atoms with van der Waals surface area (Å²) in [5, 5.41) is 3.87. The van der Waals surface area contributed by atoms with Crippen LogP contribution in [0.15, 0.2) is 61.2 Å². The molecule has 1 unspecified atom stereocenters. The Hall–Kier alpha value is -2.99. The molecule has 1 N–H and O–H groups in total. The lowest BCUT2D eigenvalue weighted by molar-refractivity contribution is -0.132. The molecule has 0 bridgehead atoms. The van der Waals surface area contributed by atoms with E-state index >= 15 is 0 Å². The van der Waals surface area contributed by atoms with Crippen LogP contribution in [-0.4, -0.2) is 32.3 Å². The molecule has 3 aromatic rings. The van der Waals surface area contributed by atoms with Crippen LogP contribution in [0.4, 0.5) is 11.5 Å². The molecule has 29 heavy (non-hydrogen) atoms. The van der Waals surface area contributed by atoms with Gasteiger partial charge in [-0.15, -0.1) is 0 Å². The molecule has 2 aromatic heterocycles. The number of hydrogen-bond donors (Lipinski definition) is 1. The van der Waals surface area contributed by atoms with Crippen molar-refractivity contribution >= 4 is 29.0 Å². The first-order valence-corrected chi connectivity index (χ1v) is 10.1. The Bertz CT molecular complexity index is 964. The third kappa shape index (κ3) is 4.90. The Balaban J connectivity index is 1.39. The van der Waals surface area contributed by atoms with E-state index in [1.54, 1.807) is 24.8 Å². The highest BCUT2D eigenvalue weighted by Gasteiger charge is 2.30. The van der Waals surface area contributed by atoms with Crippen molar-refractivity contribution in [2.75, 3.05) is 11.9 Å². The number of nitrogens with zero attached hydrogens (tertiary/aromatic N) is 4. The van der Waals surface area contributed by atoms with E-state index in [1.807, 2.05) is 41.3 Å². The number of rotatable bonds is 6. The molecule has 6 nitrogen and oxygen atoms in total. The Labute approximate surface area is 175 Å². The van der Waals surface area contributed by atoms with Gasteiger partial charge in [-0.3, -0.25) is 14.8 Å². The van der Waals surface area contributed by atoms with Crippen molar-refractivity contribution in [1.82, 2.24) is 19.9 Å². The molecule has 7 heteroatoms. The summed E-state index contributed by atoms with van der Waals surface area (Å²) in [4.78, 5) is 27.6. The number of halogens is 1. The maximum absolute atomic E-state index is 12.8. The van der Waals surface area contributed by atoms with Gasteiger partial charge in [0.2, 0.25) is 5.91 Å². The molecule has 0 saturated carbocycles. The van der Waals surface area contributed by atoms with E-state index in [4.69, 9.17) is 11.6 Å². The molecular formula is C22H22ClN5O. The topological polar surface area (TPSA) is 71.0 Å². The lowest BCUT2D eigenvalue weighted by Crippen LogP contribution is -2.31. The van der Waals surface area contributed by atoms with Gasteiger partial charge in [0.1, 0.15) is 5.82 Å². The van der Waals surface area contributed by atoms with Crippen molar-refractivity contribution in [3.8, 4) is 0 Å². The average molecular weight is 408 g/mol. The van der Waals surface area contributed by atoms with E-state index in [0.717, 1.165) is 36.3 Å². The smallest absolute Gasteiger partial charge is 0.223 e. The van der Waals surface area contributed by atoms with Gasteiger partial charge in [-0.1, -0.05) is 23.7 Å². The summed E-state index contributed by atoms with van der Waals surface area (Å²) in [6.07, 6.45) is 9.80. The minimum atomic E-state index is 0.0347. The van der Waals surface area contributed by atoms with Crippen molar-refractivity contribution in [3.05, 3.63) is 77.5 Å². The highest BCUT2D eigenvalue weighted by molar-refractivity contribution is 6.30. The zero-order valence-corrected chi connectivity index (χ0v) is 16.7. The number of pyridine rings is 1. The first-order valence-electron chi connectivity index (χ1n) is 9.72. The fourth-order valence-corrected chi connectivity index (χ4v) is 3.86. The molecule has 148 valence electrons. The molecule has 1 atom stereocenters. The molecule has 0 aliphatic carbocycles. The fraction of sp³-hybridized carbons (Fsp3) is 0.273. The molecule has 1 aliphatic heterocycles. The van der Waals surface area contributed by atoms with Gasteiger partial charge < -0.3 is 10.2 Å². The summed E-state index contributed by atoms with van der Waals surface area (Å²) in [5.41, 5.74) is 2.84. The lowest BCUT2D eigenvalue weighted by atomic mass is 10.1. The minimum Gasteiger partial charge on any atom is -0.338 e. The van der Waals surface area contributed by atoms with Crippen LogP contribution in [0.2, 0.25) is 5.02 Å². The first-order chi connectivity index (χ1) is 14.2. The van der Waals surface area contributed by atoms with Gasteiger partial charge in [0.25, 0.3) is 0 Å². The standard InChI is InChI=1S/C22H22ClN5O/c23-17-4-1-3-16(13-17)6-9-22(29)28-12-2-5-20(28)19-8-7-18(14-26-19)27-21-15-24-10-11-25-21/h1,3-4,7-8,10-11,13-15,20H,2,5-6,9,12H2,(H,25,27). The Morgan fingerprint density at radius 3 is 2.86 bits per heavy atom. The molecule has 1 fully saturated rings. The normalized spacial score (nSPS) is 16.0. The van der Waals surface area contributed by atoms with Gasteiger partial charge in [0, 0.05) is 30.4 Å². The number of carbonyl (C=O) groups is 1. The van der Waals surface area contributed by atoms with Gasteiger partial charge in [0.15, 0.2) is 0 Å². The molecule has 1 amide bonds. The molecule has 1 saturated heterocycles. The Morgan fingerprint density at radius 2 is 2.10 bits per heavy atom. The second-order valence-corrected chi connectivity index (χ2v) is 7.50. The van der Waals surface area contributed by atoms with Gasteiger partial charge in [-0.2, -0.15) is 0 Å². The third-order valence-electron chi connectivity index (χ3n) is 5.05. The predicted molar refractivity (Wildman–Crippen MR) is 113 cm³/mol. The summed E-state index contributed by atoms with van der Waals surface area (Å²) < 4.78 is 0. The summed E-state index contributed by atoms with van der Waals surface area (Å²) in [6.45, 7) is 0.778. The van der Waals surface area contributed by atoms with E-state index in [9.17, 15) is 4.79 Å². The van der Waals surface area contributed by atoms with Gasteiger partial charge in [-0.05, 0) is 49.1 Å². The van der Waals surface area contributed by atoms with E-state index in [2.05, 4.69) is 20.3 Å². The Morgan fingerprint density at radius 1 is 1.17 bits per heavy atom. The van der Waals surface area contributed by atoms with E-state index in [-0.39, 0.29) is 11.9 Å². The zero-order valence-electron chi connectivity index (χ0n) is 16.0. The molecule has 1 aliphatic rings. The number of carbonyl (C=O) groups excluding carboxylic acids is 1. The van der Waals surface area contributed by atoms with E-state index < -0.39 is 0 Å². The third-order valence-corrected chi connectivity index (χ3v) is 5.29. The van der Waals surface area contributed by atoms with Crippen LogP contribution >= 0.6 is 11.6 Å².